The van der Waals surface area contributed by atoms with E-state index in [1.165, 1.54) is 6.33 Å². The summed E-state index contributed by atoms with van der Waals surface area (Å²) < 4.78 is 0. The number of nitrogens with zero attached hydrogens (tertiary/aromatic N) is 4. The molecule has 0 aliphatic carbocycles. The number of nitrogens with two attached hydrogens (primary N) is 1. The fourth-order valence-corrected chi connectivity index (χ4v) is 0.956. The van der Waals surface area contributed by atoms with E-state index in [-0.39, 0.29) is 5.84 Å². The molecule has 0 aromatic carbocycles. The molecule has 0 saturated carbocycles. The molecule has 0 fully saturated rings. The Hall–Kier alpha value is -1.85. The first-order valence-electron chi connectivity index (χ1n) is 4.17. The average molecular weight is 195 g/mol. The zero-order chi connectivity index (χ0) is 10.4. The minimum absolute atomic E-state index is 0.214. The van der Waals surface area contributed by atoms with E-state index in [1.54, 1.807) is 12.3 Å². The normalized spacial score (nSPS) is 11.4. The molecule has 1 heterocycles. The van der Waals surface area contributed by atoms with Gasteiger partial charge in [0.2, 0.25) is 0 Å². The van der Waals surface area contributed by atoms with Crippen LogP contribution >= 0.6 is 0 Å². The number of hydrogen-bond donors (Lipinski definition) is 2. The highest BCUT2D eigenvalue weighted by molar-refractivity contribution is 5.80. The third-order valence-electron chi connectivity index (χ3n) is 1.79. The van der Waals surface area contributed by atoms with Gasteiger partial charge in [0, 0.05) is 26.2 Å². The van der Waals surface area contributed by atoms with Crippen molar-refractivity contribution in [2.75, 3.05) is 18.5 Å². The van der Waals surface area contributed by atoms with E-state index in [9.17, 15) is 0 Å². The van der Waals surface area contributed by atoms with Gasteiger partial charge in [-0.3, -0.25) is 0 Å². The molecule has 0 bridgehead atoms. The van der Waals surface area contributed by atoms with Crippen molar-refractivity contribution in [3.8, 4) is 0 Å². The van der Waals surface area contributed by atoms with E-state index < -0.39 is 0 Å². The summed E-state index contributed by atoms with van der Waals surface area (Å²) in [5.41, 5.74) is 5.34. The highest BCUT2D eigenvalue weighted by Crippen LogP contribution is 2.05. The predicted molar refractivity (Wildman–Crippen MR) is 53.3 cm³/mol. The van der Waals surface area contributed by atoms with E-state index in [1.807, 2.05) is 11.9 Å². The highest BCUT2D eigenvalue weighted by atomic mass is 16.4. The zero-order valence-electron chi connectivity index (χ0n) is 7.96. The monoisotopic (exact) mass is 195 g/mol. The Bertz CT molecular complexity index is 300. The van der Waals surface area contributed by atoms with Crippen molar-refractivity contribution in [3.63, 3.8) is 0 Å². The second-order valence-corrected chi connectivity index (χ2v) is 2.83. The lowest BCUT2D eigenvalue weighted by molar-refractivity contribution is 0.317. The topological polar surface area (TPSA) is 87.6 Å². The van der Waals surface area contributed by atoms with Gasteiger partial charge in [0.05, 0.1) is 0 Å². The molecule has 1 rings (SSSR count). The first-order valence-corrected chi connectivity index (χ1v) is 4.17. The van der Waals surface area contributed by atoms with Crippen molar-refractivity contribution in [1.82, 2.24) is 9.97 Å². The Labute approximate surface area is 82.1 Å². The van der Waals surface area contributed by atoms with Gasteiger partial charge < -0.3 is 15.8 Å². The van der Waals surface area contributed by atoms with Gasteiger partial charge in [0.1, 0.15) is 18.0 Å². The first kappa shape index (κ1) is 10.2. The maximum atomic E-state index is 8.34. The molecule has 0 saturated heterocycles. The number of hydrogen-bond acceptors (Lipinski definition) is 5. The van der Waals surface area contributed by atoms with Crippen LogP contribution in [-0.2, 0) is 0 Å². The van der Waals surface area contributed by atoms with Gasteiger partial charge in [-0.2, -0.15) is 0 Å². The maximum absolute atomic E-state index is 8.34. The van der Waals surface area contributed by atoms with Gasteiger partial charge in [-0.25, -0.2) is 9.97 Å². The largest absolute Gasteiger partial charge is 0.409 e. The molecule has 0 spiro atoms. The molecular weight excluding hydrogens is 182 g/mol. The van der Waals surface area contributed by atoms with E-state index in [2.05, 4.69) is 15.1 Å². The van der Waals surface area contributed by atoms with Gasteiger partial charge in [-0.15, -0.1) is 0 Å². The predicted octanol–water partition coefficient (Wildman–Crippen LogP) is 0.0493. The molecule has 0 aliphatic rings. The van der Waals surface area contributed by atoms with Crippen LogP contribution in [-0.4, -0.2) is 34.6 Å². The van der Waals surface area contributed by atoms with Crippen molar-refractivity contribution < 1.29 is 5.21 Å². The zero-order valence-corrected chi connectivity index (χ0v) is 7.96. The molecule has 0 radical (unpaired) electrons. The van der Waals surface area contributed by atoms with Gasteiger partial charge >= 0.3 is 0 Å². The maximum Gasteiger partial charge on any atom is 0.140 e. The van der Waals surface area contributed by atoms with Crippen molar-refractivity contribution in [2.24, 2.45) is 10.9 Å². The summed E-state index contributed by atoms with van der Waals surface area (Å²) in [6.45, 7) is 0.646. The van der Waals surface area contributed by atoms with Crippen LogP contribution in [0.3, 0.4) is 0 Å². The van der Waals surface area contributed by atoms with Crippen LogP contribution in [0.25, 0.3) is 0 Å². The van der Waals surface area contributed by atoms with Gasteiger partial charge in [0.15, 0.2) is 0 Å². The molecule has 1 aromatic heterocycles. The summed E-state index contributed by atoms with van der Waals surface area (Å²) in [5.74, 6) is 1.02. The molecule has 0 amide bonds. The van der Waals surface area contributed by atoms with E-state index in [0.717, 1.165) is 5.82 Å². The summed E-state index contributed by atoms with van der Waals surface area (Å²) in [6, 6.07) is 1.80. The molecule has 0 unspecified atom stereocenters. The summed E-state index contributed by atoms with van der Waals surface area (Å²) in [6.07, 6.45) is 3.65. The van der Waals surface area contributed by atoms with E-state index in [4.69, 9.17) is 10.9 Å². The molecule has 6 nitrogen and oxygen atoms in total. The standard InChI is InChI=1S/C8H13N5O/c1-13(5-3-7(9)12-14)8-2-4-10-6-11-8/h2,4,6,14H,3,5H2,1H3,(H2,9,12). The second kappa shape index (κ2) is 5.00. The fourth-order valence-electron chi connectivity index (χ4n) is 0.956. The molecule has 76 valence electrons. The number of rotatable bonds is 4. The van der Waals surface area contributed by atoms with Crippen LogP contribution in [0.5, 0.6) is 0 Å². The van der Waals surface area contributed by atoms with Crippen molar-refractivity contribution in [2.45, 2.75) is 6.42 Å². The van der Waals surface area contributed by atoms with Crippen LogP contribution in [0, 0.1) is 0 Å². The van der Waals surface area contributed by atoms with E-state index >= 15 is 0 Å². The number of aromatic nitrogens is 2. The number of oxime groups is 1. The van der Waals surface area contributed by atoms with E-state index in [0.29, 0.717) is 13.0 Å². The molecule has 3 N–H and O–H groups in total. The SMILES string of the molecule is CN(CCC(N)=NO)c1ccncn1. The summed E-state index contributed by atoms with van der Waals surface area (Å²) >= 11 is 0. The Kier molecular flexibility index (Phi) is 3.66. The van der Waals surface area contributed by atoms with Gasteiger partial charge in [-0.1, -0.05) is 5.16 Å². The fraction of sp³-hybridized carbons (Fsp3) is 0.375. The van der Waals surface area contributed by atoms with Crippen LogP contribution in [0.1, 0.15) is 6.42 Å². The second-order valence-electron chi connectivity index (χ2n) is 2.83. The lowest BCUT2D eigenvalue weighted by Gasteiger charge is -2.16. The summed E-state index contributed by atoms with van der Waals surface area (Å²) in [4.78, 5) is 9.77. The third kappa shape index (κ3) is 2.89. The van der Waals surface area contributed by atoms with Crippen LogP contribution in [0.15, 0.2) is 23.7 Å². The van der Waals surface area contributed by atoms with Crippen LogP contribution in [0.4, 0.5) is 5.82 Å². The minimum Gasteiger partial charge on any atom is -0.409 e. The third-order valence-corrected chi connectivity index (χ3v) is 1.79. The van der Waals surface area contributed by atoms with Gasteiger partial charge in [-0.05, 0) is 6.07 Å². The molecule has 1 aromatic rings. The Balaban J connectivity index is 2.47. The summed E-state index contributed by atoms with van der Waals surface area (Å²) in [7, 11) is 1.88. The highest BCUT2D eigenvalue weighted by Gasteiger charge is 2.02. The van der Waals surface area contributed by atoms with Crippen LogP contribution < -0.4 is 10.6 Å². The Morgan fingerprint density at radius 1 is 1.71 bits per heavy atom. The molecule has 0 atom stereocenters. The molecule has 6 heteroatoms. The average Bonchev–Trinajstić information content (AvgIpc) is 2.26. The van der Waals surface area contributed by atoms with Crippen molar-refractivity contribution >= 4 is 11.7 Å². The number of amidine groups is 1. The van der Waals surface area contributed by atoms with Crippen molar-refractivity contribution in [1.29, 1.82) is 0 Å². The summed E-state index contributed by atoms with van der Waals surface area (Å²) in [5, 5.41) is 11.2. The molecule has 14 heavy (non-hydrogen) atoms. The Morgan fingerprint density at radius 3 is 3.07 bits per heavy atom. The van der Waals surface area contributed by atoms with Gasteiger partial charge in [0.25, 0.3) is 0 Å². The molecular formula is C8H13N5O. The quantitative estimate of drug-likeness (QED) is 0.307. The van der Waals surface area contributed by atoms with Crippen LogP contribution in [0.2, 0.25) is 0 Å². The lowest BCUT2D eigenvalue weighted by Crippen LogP contribution is -2.25. The number of anilines is 1. The Morgan fingerprint density at radius 2 is 2.50 bits per heavy atom. The van der Waals surface area contributed by atoms with Crippen molar-refractivity contribution in [3.05, 3.63) is 18.6 Å². The molecule has 0 aliphatic heterocycles. The smallest absolute Gasteiger partial charge is 0.140 e. The minimum atomic E-state index is 0.214. The first-order chi connectivity index (χ1) is 6.74. The lowest BCUT2D eigenvalue weighted by atomic mass is 10.3.